The molecule has 0 aliphatic carbocycles. The smallest absolute Gasteiger partial charge is 0.432 e. The number of carbonyl (C=O) groups is 1. The van der Waals surface area contributed by atoms with Gasteiger partial charge in [0.25, 0.3) is 0 Å². The predicted molar refractivity (Wildman–Crippen MR) is 109 cm³/mol. The number of nitrogens with zero attached hydrogens (tertiary/aromatic N) is 2. The number of ether oxygens (including phenoxy) is 2. The zero-order valence-corrected chi connectivity index (χ0v) is 17.0. The van der Waals surface area contributed by atoms with Gasteiger partial charge in [-0.3, -0.25) is 5.21 Å². The van der Waals surface area contributed by atoms with Gasteiger partial charge in [-0.25, -0.2) is 23.7 Å². The van der Waals surface area contributed by atoms with Crippen molar-refractivity contribution in [3.8, 4) is 11.6 Å². The SMILES string of the molecule is O=C(NO)OC1c2ccccc2CCN1S(=O)(=O)c1ccc(Oc2ccccc2)nc1. The van der Waals surface area contributed by atoms with Crippen molar-refractivity contribution in [2.75, 3.05) is 6.54 Å². The van der Waals surface area contributed by atoms with E-state index in [-0.39, 0.29) is 17.3 Å². The molecule has 1 amide bonds. The molecule has 0 fully saturated rings. The van der Waals surface area contributed by atoms with Crippen molar-refractivity contribution in [2.24, 2.45) is 0 Å². The zero-order valence-electron chi connectivity index (χ0n) is 16.2. The van der Waals surface area contributed by atoms with Crippen LogP contribution in [0, 0.1) is 0 Å². The van der Waals surface area contributed by atoms with Crippen LogP contribution in [0.15, 0.2) is 77.8 Å². The number of amides is 1. The Kier molecular flexibility index (Phi) is 5.85. The molecular weight excluding hydrogens is 422 g/mol. The highest BCUT2D eigenvalue weighted by molar-refractivity contribution is 7.89. The molecule has 1 unspecified atom stereocenters. The van der Waals surface area contributed by atoms with Crippen LogP contribution in [-0.4, -0.2) is 35.6 Å². The number of benzene rings is 2. The number of fused-ring (bicyclic) bond motifs is 1. The van der Waals surface area contributed by atoms with E-state index in [9.17, 15) is 13.2 Å². The summed E-state index contributed by atoms with van der Waals surface area (Å²) in [6.07, 6.45) is -0.760. The summed E-state index contributed by atoms with van der Waals surface area (Å²) in [5, 5.41) is 8.85. The number of hydroxylamine groups is 1. The summed E-state index contributed by atoms with van der Waals surface area (Å²) in [6.45, 7) is 0.0883. The molecule has 9 nitrogen and oxygen atoms in total. The van der Waals surface area contributed by atoms with Crippen molar-refractivity contribution in [2.45, 2.75) is 17.5 Å². The van der Waals surface area contributed by atoms with E-state index in [4.69, 9.17) is 14.7 Å². The Labute approximate surface area is 178 Å². The van der Waals surface area contributed by atoms with E-state index in [0.717, 1.165) is 9.87 Å². The highest BCUT2D eigenvalue weighted by atomic mass is 32.2. The number of carbonyl (C=O) groups excluding carboxylic acids is 1. The van der Waals surface area contributed by atoms with Crippen LogP contribution in [0.25, 0.3) is 0 Å². The summed E-state index contributed by atoms with van der Waals surface area (Å²) in [7, 11) is -4.07. The average molecular weight is 441 g/mol. The van der Waals surface area contributed by atoms with Gasteiger partial charge >= 0.3 is 6.09 Å². The number of nitrogens with one attached hydrogen (secondary N) is 1. The molecule has 0 saturated carbocycles. The number of rotatable bonds is 5. The largest absolute Gasteiger partial charge is 0.439 e. The number of hydrogen-bond acceptors (Lipinski definition) is 7. The van der Waals surface area contributed by atoms with E-state index >= 15 is 0 Å². The summed E-state index contributed by atoms with van der Waals surface area (Å²) in [6, 6.07) is 18.9. The van der Waals surface area contributed by atoms with E-state index in [0.29, 0.717) is 17.7 Å². The Balaban J connectivity index is 1.62. The van der Waals surface area contributed by atoms with Crippen LogP contribution in [0.1, 0.15) is 17.4 Å². The minimum atomic E-state index is -4.07. The summed E-state index contributed by atoms with van der Waals surface area (Å²) in [5.74, 6) is 0.809. The zero-order chi connectivity index (χ0) is 21.8. The third kappa shape index (κ3) is 4.36. The minimum absolute atomic E-state index is 0.0784. The summed E-state index contributed by atoms with van der Waals surface area (Å²) in [4.78, 5) is 15.7. The van der Waals surface area contributed by atoms with Crippen LogP contribution in [-0.2, 0) is 21.2 Å². The summed E-state index contributed by atoms with van der Waals surface area (Å²) in [5.41, 5.74) is 2.76. The number of sulfonamides is 1. The summed E-state index contributed by atoms with van der Waals surface area (Å²) >= 11 is 0. The van der Waals surface area contributed by atoms with Crippen molar-refractivity contribution in [3.05, 3.63) is 84.1 Å². The van der Waals surface area contributed by atoms with Gasteiger partial charge in [-0.05, 0) is 30.2 Å². The Hall–Kier alpha value is -3.47. The van der Waals surface area contributed by atoms with E-state index in [1.807, 2.05) is 30.3 Å². The van der Waals surface area contributed by atoms with Crippen molar-refractivity contribution >= 4 is 16.1 Å². The number of pyridine rings is 1. The molecule has 2 N–H and O–H groups in total. The number of para-hydroxylation sites is 1. The first-order chi connectivity index (χ1) is 15.0. The normalized spacial score (nSPS) is 16.2. The molecule has 10 heteroatoms. The van der Waals surface area contributed by atoms with Crippen molar-refractivity contribution in [1.29, 1.82) is 0 Å². The maximum absolute atomic E-state index is 13.3. The fourth-order valence-electron chi connectivity index (χ4n) is 3.33. The Morgan fingerprint density at radius 3 is 2.52 bits per heavy atom. The lowest BCUT2D eigenvalue weighted by Crippen LogP contribution is -2.43. The molecule has 0 spiro atoms. The second kappa shape index (κ2) is 8.72. The molecule has 1 aliphatic heterocycles. The van der Waals surface area contributed by atoms with Crippen LogP contribution in [0.2, 0.25) is 0 Å². The maximum Gasteiger partial charge on any atom is 0.432 e. The van der Waals surface area contributed by atoms with Gasteiger partial charge in [0.2, 0.25) is 15.9 Å². The maximum atomic E-state index is 13.3. The average Bonchev–Trinajstić information content (AvgIpc) is 2.80. The van der Waals surface area contributed by atoms with Gasteiger partial charge < -0.3 is 9.47 Å². The Morgan fingerprint density at radius 2 is 1.81 bits per heavy atom. The molecule has 2 heterocycles. The lowest BCUT2D eigenvalue weighted by molar-refractivity contribution is 0.00235. The Morgan fingerprint density at radius 1 is 1.06 bits per heavy atom. The molecular formula is C21H19N3O6S. The van der Waals surface area contributed by atoms with Crippen molar-refractivity contribution < 1.29 is 27.9 Å². The molecule has 0 radical (unpaired) electrons. The number of hydrogen-bond donors (Lipinski definition) is 2. The molecule has 4 rings (SSSR count). The lowest BCUT2D eigenvalue weighted by Gasteiger charge is -2.35. The Bertz CT molecular complexity index is 1170. The molecule has 0 bridgehead atoms. The van der Waals surface area contributed by atoms with E-state index in [1.165, 1.54) is 23.8 Å². The molecule has 1 aromatic heterocycles. The standard InChI is InChI=1S/C21H19N3O6S/c25-21(23-26)30-20-18-9-5-4-6-15(18)12-13-24(20)31(27,28)17-10-11-19(22-14-17)29-16-7-2-1-3-8-16/h1-11,14,20,26H,12-13H2,(H,23,25). The molecule has 160 valence electrons. The van der Waals surface area contributed by atoms with E-state index in [1.54, 1.807) is 24.3 Å². The van der Waals surface area contributed by atoms with Crippen LogP contribution in [0.3, 0.4) is 0 Å². The van der Waals surface area contributed by atoms with Crippen molar-refractivity contribution in [3.63, 3.8) is 0 Å². The van der Waals surface area contributed by atoms with Gasteiger partial charge in [0, 0.05) is 18.2 Å². The van der Waals surface area contributed by atoms with Crippen LogP contribution in [0.5, 0.6) is 11.6 Å². The van der Waals surface area contributed by atoms with Gasteiger partial charge in [-0.2, -0.15) is 4.31 Å². The van der Waals surface area contributed by atoms with Gasteiger partial charge in [0.15, 0.2) is 6.23 Å². The molecule has 0 saturated heterocycles. The summed E-state index contributed by atoms with van der Waals surface area (Å²) < 4.78 is 38.5. The van der Waals surface area contributed by atoms with Gasteiger partial charge in [-0.15, -0.1) is 0 Å². The van der Waals surface area contributed by atoms with Crippen molar-refractivity contribution in [1.82, 2.24) is 14.8 Å². The minimum Gasteiger partial charge on any atom is -0.439 e. The quantitative estimate of drug-likeness (QED) is 0.461. The fraction of sp³-hybridized carbons (Fsp3) is 0.143. The highest BCUT2D eigenvalue weighted by Crippen LogP contribution is 2.35. The molecule has 1 aliphatic rings. The molecule has 1 atom stereocenters. The topological polar surface area (TPSA) is 118 Å². The van der Waals surface area contributed by atoms with Crippen LogP contribution >= 0.6 is 0 Å². The first-order valence-electron chi connectivity index (χ1n) is 9.38. The van der Waals surface area contributed by atoms with Crippen LogP contribution in [0.4, 0.5) is 4.79 Å². The molecule has 2 aromatic carbocycles. The van der Waals surface area contributed by atoms with E-state index < -0.39 is 22.3 Å². The third-order valence-electron chi connectivity index (χ3n) is 4.78. The molecule has 31 heavy (non-hydrogen) atoms. The second-order valence-corrected chi connectivity index (χ2v) is 8.57. The fourth-order valence-corrected chi connectivity index (χ4v) is 4.76. The van der Waals surface area contributed by atoms with Gasteiger partial charge in [0.05, 0.1) is 6.20 Å². The number of aromatic nitrogens is 1. The lowest BCUT2D eigenvalue weighted by atomic mass is 10.00. The first kappa shape index (κ1) is 20.8. The van der Waals surface area contributed by atoms with Gasteiger partial charge in [0.1, 0.15) is 10.6 Å². The van der Waals surface area contributed by atoms with E-state index in [2.05, 4.69) is 4.98 Å². The molecule has 3 aromatic rings. The monoisotopic (exact) mass is 441 g/mol. The highest BCUT2D eigenvalue weighted by Gasteiger charge is 2.39. The predicted octanol–water partition coefficient (Wildman–Crippen LogP) is 3.23. The first-order valence-corrected chi connectivity index (χ1v) is 10.8. The second-order valence-electron chi connectivity index (χ2n) is 6.68. The van der Waals surface area contributed by atoms with Gasteiger partial charge in [-0.1, -0.05) is 42.5 Å². The van der Waals surface area contributed by atoms with Crippen LogP contribution < -0.4 is 10.2 Å². The third-order valence-corrected chi connectivity index (χ3v) is 6.60.